The number of rotatable bonds is 4. The van der Waals surface area contributed by atoms with Gasteiger partial charge in [-0.25, -0.2) is 9.97 Å². The molecule has 5 rings (SSSR count). The van der Waals surface area contributed by atoms with Gasteiger partial charge in [0.1, 0.15) is 11.4 Å². The molecule has 0 amide bonds. The van der Waals surface area contributed by atoms with Crippen LogP contribution < -0.4 is 0 Å². The van der Waals surface area contributed by atoms with Crippen LogP contribution in [-0.2, 0) is 11.3 Å². The summed E-state index contributed by atoms with van der Waals surface area (Å²) in [6.07, 6.45) is 5.45. The second-order valence-corrected chi connectivity index (χ2v) is 7.98. The number of hydrogen-bond acceptors (Lipinski definition) is 5. The van der Waals surface area contributed by atoms with Crippen molar-refractivity contribution in [3.8, 4) is 22.6 Å². The molecule has 1 aliphatic rings. The van der Waals surface area contributed by atoms with E-state index >= 15 is 0 Å². The summed E-state index contributed by atoms with van der Waals surface area (Å²) < 4.78 is 7.60. The summed E-state index contributed by atoms with van der Waals surface area (Å²) in [6, 6.07) is 11.4. The highest BCUT2D eigenvalue weighted by molar-refractivity contribution is 6.32. The Labute approximate surface area is 184 Å². The van der Waals surface area contributed by atoms with Crippen LogP contribution in [0.3, 0.4) is 0 Å². The van der Waals surface area contributed by atoms with Crippen molar-refractivity contribution < 1.29 is 4.74 Å². The number of aromatic nitrogens is 4. The molecule has 3 aromatic heterocycles. The number of halogens is 2. The number of ether oxygens (including phenoxy) is 1. The van der Waals surface area contributed by atoms with Gasteiger partial charge in [0.15, 0.2) is 5.65 Å². The van der Waals surface area contributed by atoms with Gasteiger partial charge in [0.2, 0.25) is 0 Å². The molecule has 6 nitrogen and oxygen atoms in total. The molecule has 1 saturated heterocycles. The molecular formula is C22H19Cl2N5O. The first kappa shape index (κ1) is 19.5. The molecule has 0 spiro atoms. The third-order valence-electron chi connectivity index (χ3n) is 5.20. The summed E-state index contributed by atoms with van der Waals surface area (Å²) in [5, 5.41) is 1.27. The van der Waals surface area contributed by atoms with Gasteiger partial charge in [0.25, 0.3) is 0 Å². The first-order valence-corrected chi connectivity index (χ1v) is 10.5. The lowest BCUT2D eigenvalue weighted by Crippen LogP contribution is -2.36. The van der Waals surface area contributed by atoms with Crippen LogP contribution in [0.4, 0.5) is 0 Å². The number of pyridine rings is 1. The lowest BCUT2D eigenvalue weighted by Gasteiger charge is -2.26. The van der Waals surface area contributed by atoms with E-state index in [0.29, 0.717) is 21.4 Å². The number of imidazole rings is 1. The zero-order valence-electron chi connectivity index (χ0n) is 16.1. The lowest BCUT2D eigenvalue weighted by atomic mass is 10.1. The minimum Gasteiger partial charge on any atom is -0.379 e. The molecule has 1 aromatic carbocycles. The molecule has 0 aliphatic carbocycles. The number of hydrogen-bond donors (Lipinski definition) is 0. The zero-order chi connectivity index (χ0) is 20.5. The van der Waals surface area contributed by atoms with Gasteiger partial charge in [-0.1, -0.05) is 35.3 Å². The van der Waals surface area contributed by atoms with E-state index in [1.807, 2.05) is 42.6 Å². The largest absolute Gasteiger partial charge is 0.379 e. The van der Waals surface area contributed by atoms with Gasteiger partial charge in [0.05, 0.1) is 35.8 Å². The van der Waals surface area contributed by atoms with Gasteiger partial charge in [-0.3, -0.25) is 14.3 Å². The van der Waals surface area contributed by atoms with E-state index in [-0.39, 0.29) is 0 Å². The first-order valence-electron chi connectivity index (χ1n) is 9.73. The Bertz CT molecular complexity index is 1190. The molecule has 0 N–H and O–H groups in total. The Morgan fingerprint density at radius 2 is 1.77 bits per heavy atom. The molecule has 0 radical (unpaired) electrons. The molecule has 4 aromatic rings. The lowest BCUT2D eigenvalue weighted by molar-refractivity contribution is 0.0336. The molecule has 30 heavy (non-hydrogen) atoms. The van der Waals surface area contributed by atoms with Crippen LogP contribution in [0.2, 0.25) is 10.0 Å². The molecular weight excluding hydrogens is 421 g/mol. The van der Waals surface area contributed by atoms with Crippen LogP contribution >= 0.6 is 23.2 Å². The van der Waals surface area contributed by atoms with Crippen LogP contribution in [0.1, 0.15) is 5.69 Å². The molecule has 0 atom stereocenters. The van der Waals surface area contributed by atoms with Crippen molar-refractivity contribution in [3.63, 3.8) is 0 Å². The maximum Gasteiger partial charge on any atom is 0.156 e. The van der Waals surface area contributed by atoms with E-state index in [1.165, 1.54) is 0 Å². The third-order valence-corrected chi connectivity index (χ3v) is 5.76. The molecule has 4 heterocycles. The highest BCUT2D eigenvalue weighted by atomic mass is 35.5. The molecule has 8 heteroatoms. The monoisotopic (exact) mass is 439 g/mol. The number of nitrogens with zero attached hydrogens (tertiary/aromatic N) is 5. The third kappa shape index (κ3) is 3.79. The van der Waals surface area contributed by atoms with E-state index < -0.39 is 0 Å². The fraction of sp³-hybridized carbons (Fsp3) is 0.227. The second-order valence-electron chi connectivity index (χ2n) is 7.14. The average molecular weight is 440 g/mol. The van der Waals surface area contributed by atoms with Crippen molar-refractivity contribution in [2.75, 3.05) is 26.3 Å². The predicted octanol–water partition coefficient (Wildman–Crippen LogP) is 4.60. The summed E-state index contributed by atoms with van der Waals surface area (Å²) >= 11 is 12.5. The van der Waals surface area contributed by atoms with Crippen LogP contribution in [-0.4, -0.2) is 50.6 Å². The smallest absolute Gasteiger partial charge is 0.156 e. The van der Waals surface area contributed by atoms with E-state index in [1.54, 1.807) is 12.4 Å². The van der Waals surface area contributed by atoms with Crippen molar-refractivity contribution >= 4 is 28.8 Å². The number of fused-ring (bicyclic) bond motifs is 1. The Morgan fingerprint density at radius 3 is 2.53 bits per heavy atom. The Balaban J connectivity index is 1.65. The van der Waals surface area contributed by atoms with E-state index in [9.17, 15) is 0 Å². The van der Waals surface area contributed by atoms with Crippen molar-refractivity contribution in [1.29, 1.82) is 0 Å². The van der Waals surface area contributed by atoms with Gasteiger partial charge < -0.3 is 4.74 Å². The van der Waals surface area contributed by atoms with Gasteiger partial charge in [-0.2, -0.15) is 0 Å². The summed E-state index contributed by atoms with van der Waals surface area (Å²) in [6.45, 7) is 4.00. The van der Waals surface area contributed by atoms with Crippen molar-refractivity contribution in [3.05, 3.63) is 70.7 Å². The van der Waals surface area contributed by atoms with Gasteiger partial charge in [-0.05, 0) is 24.3 Å². The van der Waals surface area contributed by atoms with E-state index in [0.717, 1.165) is 55.4 Å². The quantitative estimate of drug-likeness (QED) is 0.465. The Kier molecular flexibility index (Phi) is 5.39. The van der Waals surface area contributed by atoms with Gasteiger partial charge in [0, 0.05) is 42.6 Å². The molecule has 1 fully saturated rings. The summed E-state index contributed by atoms with van der Waals surface area (Å²) in [7, 11) is 0. The second kappa shape index (κ2) is 8.32. The first-order chi connectivity index (χ1) is 14.7. The zero-order valence-corrected chi connectivity index (χ0v) is 17.6. The summed E-state index contributed by atoms with van der Waals surface area (Å²) in [5.41, 5.74) is 5.16. The molecule has 0 bridgehead atoms. The van der Waals surface area contributed by atoms with Gasteiger partial charge >= 0.3 is 0 Å². The van der Waals surface area contributed by atoms with Crippen molar-refractivity contribution in [2.45, 2.75) is 6.54 Å². The number of benzene rings is 1. The molecule has 152 valence electrons. The van der Waals surface area contributed by atoms with Crippen molar-refractivity contribution in [1.82, 2.24) is 24.3 Å². The standard InChI is InChI=1S/C22H19Cl2N5O/c23-16-5-3-15(4-6-16)21-19(14-28-8-10-30-11-9-28)29-13-18(26-12-20(29)27-21)22-17(24)2-1-7-25-22/h1-7,12-13H,8-11,14H2. The van der Waals surface area contributed by atoms with Crippen LogP contribution in [0.15, 0.2) is 55.0 Å². The fourth-order valence-corrected chi connectivity index (χ4v) is 4.01. The van der Waals surface area contributed by atoms with Crippen LogP contribution in [0.5, 0.6) is 0 Å². The SMILES string of the molecule is Clc1ccc(-c2nc3cnc(-c4ncccc4Cl)cn3c2CN2CCOCC2)cc1. The highest BCUT2D eigenvalue weighted by Gasteiger charge is 2.20. The Hall–Kier alpha value is -2.51. The molecule has 0 unspecified atom stereocenters. The predicted molar refractivity (Wildman–Crippen MR) is 118 cm³/mol. The average Bonchev–Trinajstić information content (AvgIpc) is 3.13. The van der Waals surface area contributed by atoms with Crippen LogP contribution in [0, 0.1) is 0 Å². The molecule has 0 saturated carbocycles. The van der Waals surface area contributed by atoms with Crippen molar-refractivity contribution in [2.24, 2.45) is 0 Å². The maximum absolute atomic E-state index is 6.36. The van der Waals surface area contributed by atoms with E-state index in [2.05, 4.69) is 19.3 Å². The summed E-state index contributed by atoms with van der Waals surface area (Å²) in [5.74, 6) is 0. The normalized spacial score (nSPS) is 15.0. The minimum absolute atomic E-state index is 0.567. The van der Waals surface area contributed by atoms with E-state index in [4.69, 9.17) is 32.9 Å². The number of morpholine rings is 1. The fourth-order valence-electron chi connectivity index (χ4n) is 3.66. The summed E-state index contributed by atoms with van der Waals surface area (Å²) in [4.78, 5) is 16.2. The Morgan fingerprint density at radius 1 is 0.967 bits per heavy atom. The maximum atomic E-state index is 6.36. The topological polar surface area (TPSA) is 55.5 Å². The van der Waals surface area contributed by atoms with Gasteiger partial charge in [-0.15, -0.1) is 0 Å². The van der Waals surface area contributed by atoms with Crippen LogP contribution in [0.25, 0.3) is 28.3 Å². The minimum atomic E-state index is 0.567. The highest BCUT2D eigenvalue weighted by Crippen LogP contribution is 2.29. The molecule has 1 aliphatic heterocycles.